The first-order valence-corrected chi connectivity index (χ1v) is 10.1. The van der Waals surface area contributed by atoms with Crippen LogP contribution in [0.15, 0.2) is 54.9 Å². The lowest BCUT2D eigenvalue weighted by molar-refractivity contribution is -0.384. The fourth-order valence-corrected chi connectivity index (χ4v) is 3.69. The molecule has 1 N–H and O–H groups in total. The molecular formula is C23H25N3O6. The van der Waals surface area contributed by atoms with Crippen LogP contribution in [0, 0.1) is 16.0 Å². The van der Waals surface area contributed by atoms with Crippen molar-refractivity contribution in [3.8, 4) is 5.75 Å². The van der Waals surface area contributed by atoms with E-state index >= 15 is 0 Å². The average Bonchev–Trinajstić information content (AvgIpc) is 2.77. The second kappa shape index (κ2) is 9.51. The number of hydrogen-bond acceptors (Lipinski definition) is 6. The van der Waals surface area contributed by atoms with Gasteiger partial charge >= 0.3 is 5.97 Å². The number of hydrogen-bond donors (Lipinski definition) is 1. The first kappa shape index (κ1) is 22.8. The molecule has 0 aromatic heterocycles. The van der Waals surface area contributed by atoms with Crippen LogP contribution in [0.2, 0.25) is 0 Å². The van der Waals surface area contributed by atoms with Crippen LogP contribution in [-0.4, -0.2) is 46.5 Å². The molecule has 2 aromatic rings. The molecule has 9 heteroatoms. The van der Waals surface area contributed by atoms with E-state index in [1.165, 1.54) is 12.1 Å². The van der Waals surface area contributed by atoms with Crippen molar-refractivity contribution in [3.63, 3.8) is 0 Å². The van der Waals surface area contributed by atoms with Crippen molar-refractivity contribution in [2.45, 2.75) is 26.3 Å². The number of ether oxygens (including phenoxy) is 1. The average molecular weight is 439 g/mol. The van der Waals surface area contributed by atoms with E-state index in [2.05, 4.69) is 0 Å². The van der Waals surface area contributed by atoms with E-state index in [4.69, 9.17) is 4.74 Å². The molecule has 32 heavy (non-hydrogen) atoms. The van der Waals surface area contributed by atoms with Crippen LogP contribution in [0.4, 0.5) is 11.4 Å². The Hall–Kier alpha value is -3.88. The topological polar surface area (TPSA) is 113 Å². The minimum absolute atomic E-state index is 0.144. The smallest absolute Gasteiger partial charge is 0.335 e. The zero-order valence-electron chi connectivity index (χ0n) is 18.1. The monoisotopic (exact) mass is 439 g/mol. The van der Waals surface area contributed by atoms with Crippen LogP contribution in [-0.2, 0) is 11.2 Å². The van der Waals surface area contributed by atoms with Gasteiger partial charge in [-0.25, -0.2) is 4.79 Å². The maximum atomic E-state index is 13.3. The summed E-state index contributed by atoms with van der Waals surface area (Å²) >= 11 is 0. The molecule has 9 nitrogen and oxygen atoms in total. The Bertz CT molecular complexity index is 1050. The Morgan fingerprint density at radius 2 is 1.88 bits per heavy atom. The quantitative estimate of drug-likeness (QED) is 0.493. The summed E-state index contributed by atoms with van der Waals surface area (Å²) in [4.78, 5) is 38.7. The SMILES string of the molecule is COc1ccc(CCN2C=CN(c3ccc(C(=O)O)cc3[N+](=O)[O-])[C@@H](C(C)C)C2=O)cc1. The zero-order chi connectivity index (χ0) is 23.4. The summed E-state index contributed by atoms with van der Waals surface area (Å²) in [5.41, 5.74) is 0.684. The van der Waals surface area contributed by atoms with Crippen molar-refractivity contribution in [3.05, 3.63) is 76.1 Å². The molecule has 0 fully saturated rings. The van der Waals surface area contributed by atoms with Gasteiger partial charge in [-0.1, -0.05) is 26.0 Å². The van der Waals surface area contributed by atoms with Crippen LogP contribution in [0.1, 0.15) is 29.8 Å². The molecule has 0 aliphatic carbocycles. The molecule has 1 aliphatic heterocycles. The van der Waals surface area contributed by atoms with Gasteiger partial charge in [0, 0.05) is 25.0 Å². The molecule has 1 aliphatic rings. The van der Waals surface area contributed by atoms with Gasteiger partial charge in [-0.3, -0.25) is 14.9 Å². The number of carboxylic acid groups (broad SMARTS) is 1. The highest BCUT2D eigenvalue weighted by atomic mass is 16.6. The highest BCUT2D eigenvalue weighted by Gasteiger charge is 2.37. The van der Waals surface area contributed by atoms with Crippen molar-refractivity contribution in [1.29, 1.82) is 0 Å². The fraction of sp³-hybridized carbons (Fsp3) is 0.304. The molecule has 0 saturated heterocycles. The number of benzene rings is 2. The maximum absolute atomic E-state index is 13.3. The Balaban J connectivity index is 1.88. The van der Waals surface area contributed by atoms with E-state index in [-0.39, 0.29) is 28.8 Å². The summed E-state index contributed by atoms with van der Waals surface area (Å²) in [6.45, 7) is 4.19. The van der Waals surface area contributed by atoms with Gasteiger partial charge in [-0.2, -0.15) is 0 Å². The summed E-state index contributed by atoms with van der Waals surface area (Å²) in [5, 5.41) is 20.8. The number of carbonyl (C=O) groups is 2. The third-order valence-corrected chi connectivity index (χ3v) is 5.37. The number of nitrogens with zero attached hydrogens (tertiary/aromatic N) is 3. The molecule has 2 aromatic carbocycles. The number of carbonyl (C=O) groups excluding carboxylic acids is 1. The number of carboxylic acids is 1. The predicted octanol–water partition coefficient (Wildman–Crippen LogP) is 3.69. The molecule has 0 unspecified atom stereocenters. The second-order valence-electron chi connectivity index (χ2n) is 7.79. The Morgan fingerprint density at radius 3 is 2.44 bits per heavy atom. The Labute approximate surface area is 185 Å². The van der Waals surface area contributed by atoms with Gasteiger partial charge in [0.2, 0.25) is 5.91 Å². The summed E-state index contributed by atoms with van der Waals surface area (Å²) in [7, 11) is 1.60. The predicted molar refractivity (Wildman–Crippen MR) is 119 cm³/mol. The number of rotatable bonds is 8. The fourth-order valence-electron chi connectivity index (χ4n) is 3.69. The lowest BCUT2D eigenvalue weighted by Gasteiger charge is -2.38. The number of amides is 1. The molecule has 0 saturated carbocycles. The van der Waals surface area contributed by atoms with Gasteiger partial charge in [0.25, 0.3) is 5.69 Å². The molecular weight excluding hydrogens is 414 g/mol. The van der Waals surface area contributed by atoms with Gasteiger partial charge < -0.3 is 19.6 Å². The van der Waals surface area contributed by atoms with E-state index < -0.39 is 16.9 Å². The minimum atomic E-state index is -1.25. The van der Waals surface area contributed by atoms with Crippen LogP contribution in [0.5, 0.6) is 5.75 Å². The highest BCUT2D eigenvalue weighted by molar-refractivity contribution is 5.92. The second-order valence-corrected chi connectivity index (χ2v) is 7.79. The molecule has 168 valence electrons. The van der Waals surface area contributed by atoms with E-state index in [0.29, 0.717) is 13.0 Å². The number of anilines is 1. The van der Waals surface area contributed by atoms with Crippen LogP contribution in [0.25, 0.3) is 0 Å². The highest BCUT2D eigenvalue weighted by Crippen LogP contribution is 2.34. The van der Waals surface area contributed by atoms with Crippen molar-refractivity contribution in [2.75, 3.05) is 18.6 Å². The Kier molecular flexibility index (Phi) is 6.77. The standard InChI is InChI=1S/C23H25N3O6/c1-15(2)21-22(27)24(11-10-16-4-7-18(32-3)8-5-16)12-13-25(21)19-9-6-17(23(28)29)14-20(19)26(30)31/h4-9,12-15,21H,10-11H2,1-3H3,(H,28,29)/t21-/m0/s1. The molecule has 0 spiro atoms. The van der Waals surface area contributed by atoms with Gasteiger partial charge in [-0.05, 0) is 42.2 Å². The van der Waals surface area contributed by atoms with Crippen LogP contribution in [0.3, 0.4) is 0 Å². The van der Waals surface area contributed by atoms with E-state index in [9.17, 15) is 24.8 Å². The third kappa shape index (κ3) is 4.72. The number of nitro benzene ring substituents is 1. The van der Waals surface area contributed by atoms with Gasteiger partial charge in [0.1, 0.15) is 17.5 Å². The lowest BCUT2D eigenvalue weighted by Crippen LogP contribution is -2.52. The Morgan fingerprint density at radius 1 is 1.19 bits per heavy atom. The summed E-state index contributed by atoms with van der Waals surface area (Å²) < 4.78 is 5.16. The summed E-state index contributed by atoms with van der Waals surface area (Å²) in [6, 6.07) is 10.6. The first-order chi connectivity index (χ1) is 15.2. The number of nitro groups is 1. The van der Waals surface area contributed by atoms with Crippen molar-refractivity contribution < 1.29 is 24.4 Å². The summed E-state index contributed by atoms with van der Waals surface area (Å²) in [6.07, 6.45) is 3.89. The normalized spacial score (nSPS) is 15.9. The number of aromatic carboxylic acids is 1. The summed E-state index contributed by atoms with van der Waals surface area (Å²) in [5.74, 6) is -0.814. The molecule has 3 rings (SSSR count). The third-order valence-electron chi connectivity index (χ3n) is 5.37. The van der Waals surface area contributed by atoms with Gasteiger partial charge in [-0.15, -0.1) is 0 Å². The largest absolute Gasteiger partial charge is 0.497 e. The van der Waals surface area contributed by atoms with E-state index in [1.54, 1.807) is 29.3 Å². The van der Waals surface area contributed by atoms with Crippen molar-refractivity contribution >= 4 is 23.3 Å². The zero-order valence-corrected chi connectivity index (χ0v) is 18.1. The molecule has 1 heterocycles. The van der Waals surface area contributed by atoms with Gasteiger partial charge in [0.15, 0.2) is 0 Å². The van der Waals surface area contributed by atoms with E-state index in [0.717, 1.165) is 17.4 Å². The van der Waals surface area contributed by atoms with Crippen LogP contribution < -0.4 is 9.64 Å². The van der Waals surface area contributed by atoms with Crippen molar-refractivity contribution in [1.82, 2.24) is 4.90 Å². The molecule has 0 radical (unpaired) electrons. The molecule has 1 atom stereocenters. The number of methoxy groups -OCH3 is 1. The maximum Gasteiger partial charge on any atom is 0.335 e. The first-order valence-electron chi connectivity index (χ1n) is 10.1. The van der Waals surface area contributed by atoms with E-state index in [1.807, 2.05) is 38.1 Å². The minimum Gasteiger partial charge on any atom is -0.497 e. The van der Waals surface area contributed by atoms with Crippen LogP contribution >= 0.6 is 0 Å². The van der Waals surface area contributed by atoms with Crippen molar-refractivity contribution in [2.24, 2.45) is 5.92 Å². The molecule has 0 bridgehead atoms. The molecule has 1 amide bonds. The lowest BCUT2D eigenvalue weighted by atomic mass is 9.98. The van der Waals surface area contributed by atoms with Gasteiger partial charge in [0.05, 0.1) is 17.6 Å².